The zero-order valence-electron chi connectivity index (χ0n) is 10.8. The van der Waals surface area contributed by atoms with Gasteiger partial charge in [-0.3, -0.25) is 4.90 Å². The Labute approximate surface area is 106 Å². The Morgan fingerprint density at radius 3 is 3.11 bits per heavy atom. The maximum absolute atomic E-state index is 11.4. The molecule has 0 amide bonds. The lowest BCUT2D eigenvalue weighted by Crippen LogP contribution is -2.31. The third kappa shape index (κ3) is 2.57. The van der Waals surface area contributed by atoms with E-state index in [4.69, 9.17) is 4.42 Å². The normalized spacial score (nSPS) is 20.3. The minimum atomic E-state index is -0.445. The van der Waals surface area contributed by atoms with Gasteiger partial charge in [-0.25, -0.2) is 4.79 Å². The standard InChI is InChI=1S/C13H19NO4/c1-9-6-11(18-12(9)13(16)17-2)7-14-5-3-4-10(14)8-15/h6,10,15H,3-5,7-8H2,1-2H3/t10-/m0/s1. The molecule has 0 aromatic carbocycles. The molecule has 1 saturated heterocycles. The predicted molar refractivity (Wildman–Crippen MR) is 65.3 cm³/mol. The summed E-state index contributed by atoms with van der Waals surface area (Å²) in [6, 6.07) is 2.07. The van der Waals surface area contributed by atoms with Crippen LogP contribution in [0, 0.1) is 6.92 Å². The molecule has 0 spiro atoms. The summed E-state index contributed by atoms with van der Waals surface area (Å²) in [6.45, 7) is 3.58. The molecule has 1 aliphatic heterocycles. The van der Waals surface area contributed by atoms with E-state index in [1.165, 1.54) is 7.11 Å². The minimum absolute atomic E-state index is 0.170. The number of aliphatic hydroxyl groups excluding tert-OH is 1. The molecule has 0 saturated carbocycles. The predicted octanol–water partition coefficient (Wildman–Crippen LogP) is 1.33. The molecular weight excluding hydrogens is 234 g/mol. The molecule has 1 aromatic heterocycles. The summed E-state index contributed by atoms with van der Waals surface area (Å²) in [5.74, 6) is 0.569. The van der Waals surface area contributed by atoms with E-state index < -0.39 is 5.97 Å². The van der Waals surface area contributed by atoms with Gasteiger partial charge in [0.25, 0.3) is 0 Å². The van der Waals surface area contributed by atoms with Crippen molar-refractivity contribution in [1.82, 2.24) is 4.90 Å². The summed E-state index contributed by atoms with van der Waals surface area (Å²) in [4.78, 5) is 13.6. The first-order valence-corrected chi connectivity index (χ1v) is 6.18. The number of likely N-dealkylation sites (tertiary alicyclic amines) is 1. The maximum Gasteiger partial charge on any atom is 0.374 e. The van der Waals surface area contributed by atoms with Gasteiger partial charge in [-0.15, -0.1) is 0 Å². The van der Waals surface area contributed by atoms with Crippen LogP contribution in [0.4, 0.5) is 0 Å². The number of hydrogen-bond acceptors (Lipinski definition) is 5. The summed E-state index contributed by atoms with van der Waals surface area (Å²) in [5.41, 5.74) is 0.789. The van der Waals surface area contributed by atoms with E-state index in [0.717, 1.165) is 30.7 Å². The van der Waals surface area contributed by atoms with Gasteiger partial charge in [0.2, 0.25) is 5.76 Å². The Hall–Kier alpha value is -1.33. The number of carbonyl (C=O) groups is 1. The fourth-order valence-electron chi connectivity index (χ4n) is 2.43. The van der Waals surface area contributed by atoms with Crippen LogP contribution >= 0.6 is 0 Å². The molecular formula is C13H19NO4. The number of aryl methyl sites for hydroxylation is 1. The monoisotopic (exact) mass is 253 g/mol. The van der Waals surface area contributed by atoms with E-state index in [-0.39, 0.29) is 18.4 Å². The third-order valence-electron chi connectivity index (χ3n) is 3.41. The molecule has 5 nitrogen and oxygen atoms in total. The van der Waals surface area contributed by atoms with Crippen molar-refractivity contribution < 1.29 is 19.1 Å². The van der Waals surface area contributed by atoms with Crippen LogP contribution in [0.3, 0.4) is 0 Å². The van der Waals surface area contributed by atoms with Crippen LogP contribution in [0.15, 0.2) is 10.5 Å². The molecule has 0 aliphatic carbocycles. The number of esters is 1. The fraction of sp³-hybridized carbons (Fsp3) is 0.615. The van der Waals surface area contributed by atoms with Crippen molar-refractivity contribution in [2.75, 3.05) is 20.3 Å². The summed E-state index contributed by atoms with van der Waals surface area (Å²) >= 11 is 0. The molecule has 1 fully saturated rings. The zero-order valence-corrected chi connectivity index (χ0v) is 10.8. The van der Waals surface area contributed by atoms with Crippen molar-refractivity contribution in [3.8, 4) is 0 Å². The Bertz CT molecular complexity index is 427. The Morgan fingerprint density at radius 1 is 1.67 bits per heavy atom. The fourth-order valence-corrected chi connectivity index (χ4v) is 2.43. The Kier molecular flexibility index (Phi) is 4.04. The van der Waals surface area contributed by atoms with Crippen molar-refractivity contribution in [2.45, 2.75) is 32.4 Å². The van der Waals surface area contributed by atoms with Gasteiger partial charge in [-0.2, -0.15) is 0 Å². The first kappa shape index (κ1) is 13.1. The van der Waals surface area contributed by atoms with Crippen molar-refractivity contribution in [1.29, 1.82) is 0 Å². The molecule has 1 aromatic rings. The lowest BCUT2D eigenvalue weighted by Gasteiger charge is -2.21. The number of carbonyl (C=O) groups excluding carboxylic acids is 1. The molecule has 18 heavy (non-hydrogen) atoms. The summed E-state index contributed by atoms with van der Waals surface area (Å²) < 4.78 is 10.2. The minimum Gasteiger partial charge on any atom is -0.463 e. The summed E-state index contributed by atoms with van der Waals surface area (Å²) in [6.07, 6.45) is 2.11. The number of rotatable bonds is 4. The van der Waals surface area contributed by atoms with E-state index in [1.807, 2.05) is 13.0 Å². The smallest absolute Gasteiger partial charge is 0.374 e. The molecule has 100 valence electrons. The second-order valence-electron chi connectivity index (χ2n) is 4.67. The molecule has 1 N–H and O–H groups in total. The van der Waals surface area contributed by atoms with Gasteiger partial charge in [-0.05, 0) is 32.4 Å². The molecule has 0 unspecified atom stereocenters. The van der Waals surface area contributed by atoms with Crippen LogP contribution in [-0.4, -0.2) is 42.3 Å². The van der Waals surface area contributed by atoms with Gasteiger partial charge in [-0.1, -0.05) is 0 Å². The van der Waals surface area contributed by atoms with Crippen molar-refractivity contribution in [2.24, 2.45) is 0 Å². The second kappa shape index (κ2) is 5.54. The van der Waals surface area contributed by atoms with Gasteiger partial charge in [0.05, 0.1) is 20.3 Å². The van der Waals surface area contributed by atoms with E-state index in [9.17, 15) is 9.90 Å². The first-order chi connectivity index (χ1) is 8.65. The highest BCUT2D eigenvalue weighted by Crippen LogP contribution is 2.22. The van der Waals surface area contributed by atoms with E-state index in [2.05, 4.69) is 9.64 Å². The van der Waals surface area contributed by atoms with Crippen LogP contribution in [0.1, 0.15) is 34.7 Å². The van der Waals surface area contributed by atoms with E-state index in [0.29, 0.717) is 6.54 Å². The first-order valence-electron chi connectivity index (χ1n) is 6.18. The maximum atomic E-state index is 11.4. The average Bonchev–Trinajstić information content (AvgIpc) is 2.95. The number of nitrogens with zero attached hydrogens (tertiary/aromatic N) is 1. The lowest BCUT2D eigenvalue weighted by molar-refractivity contribution is 0.0558. The highest BCUT2D eigenvalue weighted by molar-refractivity contribution is 5.87. The Balaban J connectivity index is 2.08. The van der Waals surface area contributed by atoms with Gasteiger partial charge in [0, 0.05) is 11.6 Å². The van der Waals surface area contributed by atoms with Crippen molar-refractivity contribution in [3.05, 3.63) is 23.2 Å². The van der Waals surface area contributed by atoms with Gasteiger partial charge >= 0.3 is 5.97 Å². The lowest BCUT2D eigenvalue weighted by atomic mass is 10.2. The third-order valence-corrected chi connectivity index (χ3v) is 3.41. The average molecular weight is 253 g/mol. The quantitative estimate of drug-likeness (QED) is 0.820. The van der Waals surface area contributed by atoms with Gasteiger partial charge < -0.3 is 14.3 Å². The van der Waals surface area contributed by atoms with Gasteiger partial charge in [0.1, 0.15) is 5.76 Å². The molecule has 2 rings (SSSR count). The number of hydrogen-bond donors (Lipinski definition) is 1. The zero-order chi connectivity index (χ0) is 13.1. The van der Waals surface area contributed by atoms with Crippen LogP contribution in [-0.2, 0) is 11.3 Å². The van der Waals surface area contributed by atoms with Crippen LogP contribution in [0.25, 0.3) is 0 Å². The van der Waals surface area contributed by atoms with Crippen LogP contribution < -0.4 is 0 Å². The topological polar surface area (TPSA) is 62.9 Å². The highest BCUT2D eigenvalue weighted by atomic mass is 16.5. The summed E-state index contributed by atoms with van der Waals surface area (Å²) in [7, 11) is 1.34. The largest absolute Gasteiger partial charge is 0.463 e. The molecule has 1 aliphatic rings. The molecule has 2 heterocycles. The summed E-state index contributed by atoms with van der Waals surface area (Å²) in [5, 5.41) is 9.25. The second-order valence-corrected chi connectivity index (χ2v) is 4.67. The SMILES string of the molecule is COC(=O)c1oc(CN2CCC[C@H]2CO)cc1C. The highest BCUT2D eigenvalue weighted by Gasteiger charge is 2.25. The van der Waals surface area contributed by atoms with Gasteiger partial charge in [0.15, 0.2) is 0 Å². The molecule has 1 atom stereocenters. The number of furan rings is 1. The number of methoxy groups -OCH3 is 1. The van der Waals surface area contributed by atoms with Crippen LogP contribution in [0.5, 0.6) is 0 Å². The van der Waals surface area contributed by atoms with Crippen LogP contribution in [0.2, 0.25) is 0 Å². The van der Waals surface area contributed by atoms with Crippen molar-refractivity contribution >= 4 is 5.97 Å². The van der Waals surface area contributed by atoms with E-state index in [1.54, 1.807) is 0 Å². The van der Waals surface area contributed by atoms with Crippen molar-refractivity contribution in [3.63, 3.8) is 0 Å². The van der Waals surface area contributed by atoms with E-state index >= 15 is 0 Å². The molecule has 0 bridgehead atoms. The molecule has 5 heteroatoms. The number of ether oxygens (including phenoxy) is 1. The number of aliphatic hydroxyl groups is 1. The molecule has 0 radical (unpaired) electrons. The Morgan fingerprint density at radius 2 is 2.44 bits per heavy atom.